The van der Waals surface area contributed by atoms with Crippen LogP contribution in [-0.4, -0.2) is 14.4 Å². The minimum absolute atomic E-state index is 0.347. The Hall–Kier alpha value is -4.84. The van der Waals surface area contributed by atoms with Gasteiger partial charge < -0.3 is 4.74 Å². The number of rotatable bonds is 4. The predicted octanol–water partition coefficient (Wildman–Crippen LogP) is 7.65. The zero-order chi connectivity index (χ0) is 30.2. The van der Waals surface area contributed by atoms with Gasteiger partial charge in [0, 0.05) is 23.3 Å². The lowest BCUT2D eigenvalue weighted by Gasteiger charge is -2.18. The van der Waals surface area contributed by atoms with E-state index in [0.29, 0.717) is 5.92 Å². The molecule has 0 aliphatic carbocycles. The number of para-hydroxylation sites is 2. The molecule has 0 radical (unpaired) electrons. The summed E-state index contributed by atoms with van der Waals surface area (Å²) in [4.78, 5) is 10.1. The van der Waals surface area contributed by atoms with Crippen LogP contribution in [0.2, 0.25) is 0 Å². The van der Waals surface area contributed by atoms with Crippen molar-refractivity contribution in [1.29, 1.82) is 0 Å². The smallest absolute Gasteiger partial charge is 0.297 e. The van der Waals surface area contributed by atoms with Crippen LogP contribution in [0, 0.1) is 27.7 Å². The van der Waals surface area contributed by atoms with Crippen LogP contribution >= 0.6 is 0 Å². The monoisotopic (exact) mass is 567 g/mol. The number of nitrogens with zero attached hydrogens (tertiary/aromatic N) is 5. The first kappa shape index (κ1) is 27.0. The molecule has 0 unspecified atom stereocenters. The molecule has 0 aliphatic rings. The van der Waals surface area contributed by atoms with Crippen molar-refractivity contribution in [3.63, 3.8) is 0 Å². The highest BCUT2D eigenvalue weighted by Crippen LogP contribution is 2.41. The van der Waals surface area contributed by atoms with E-state index >= 15 is 0 Å². The molecular weight excluding hydrogens is 530 g/mol. The Morgan fingerprint density at radius 2 is 1.53 bits per heavy atom. The van der Waals surface area contributed by atoms with E-state index in [1.165, 1.54) is 27.5 Å². The van der Waals surface area contributed by atoms with Crippen LogP contribution in [0.5, 0.6) is 11.5 Å². The summed E-state index contributed by atoms with van der Waals surface area (Å²) in [5.74, 6) is 1.86. The van der Waals surface area contributed by atoms with Gasteiger partial charge in [-0.05, 0) is 63.4 Å². The fourth-order valence-corrected chi connectivity index (χ4v) is 6.91. The molecule has 43 heavy (non-hydrogen) atoms. The van der Waals surface area contributed by atoms with E-state index in [4.69, 9.17) is 14.7 Å². The van der Waals surface area contributed by atoms with Crippen LogP contribution in [0.25, 0.3) is 49.7 Å². The lowest BCUT2D eigenvalue weighted by molar-refractivity contribution is -0.660. The zero-order valence-corrected chi connectivity index (χ0v) is 26.1. The molecule has 0 bridgehead atoms. The third kappa shape index (κ3) is 3.93. The summed E-state index contributed by atoms with van der Waals surface area (Å²) >= 11 is 0. The van der Waals surface area contributed by atoms with E-state index in [-0.39, 0.29) is 0 Å². The van der Waals surface area contributed by atoms with Gasteiger partial charge in [-0.2, -0.15) is 4.40 Å². The van der Waals surface area contributed by atoms with Gasteiger partial charge in [0.2, 0.25) is 5.69 Å². The van der Waals surface area contributed by atoms with Gasteiger partial charge in [-0.3, -0.25) is 9.97 Å². The fourth-order valence-electron chi connectivity index (χ4n) is 6.91. The standard InChI is InChI=1S/C37H37N5O/c1-21(2)26-14-13-18-30-34(26)35-33(37-41(8)27-15-9-10-16-28(27)42(30)37)22(3)31(20-38-35)43-36-23(4)32(24(5)39-25(36)6)29-17-11-12-19-40(29)7/h9-21H,1-8H3/q+2. The highest BCUT2D eigenvalue weighted by Gasteiger charge is 2.28. The second-order valence-corrected chi connectivity index (χ2v) is 12.0. The van der Waals surface area contributed by atoms with Crippen LogP contribution in [0.15, 0.2) is 73.1 Å². The van der Waals surface area contributed by atoms with E-state index < -0.39 is 0 Å². The maximum atomic E-state index is 6.84. The molecule has 6 nitrogen and oxygen atoms in total. The first-order valence-electron chi connectivity index (χ1n) is 14.9. The van der Waals surface area contributed by atoms with Gasteiger partial charge in [0.1, 0.15) is 18.3 Å². The van der Waals surface area contributed by atoms with Crippen molar-refractivity contribution in [1.82, 2.24) is 14.4 Å². The van der Waals surface area contributed by atoms with Crippen LogP contribution in [0.1, 0.15) is 47.8 Å². The summed E-state index contributed by atoms with van der Waals surface area (Å²) in [7, 11) is 4.21. The molecule has 0 amide bonds. The summed E-state index contributed by atoms with van der Waals surface area (Å²) in [6.07, 6.45) is 3.96. The number of pyridine rings is 4. The topological polar surface area (TPSA) is 47.2 Å². The van der Waals surface area contributed by atoms with Crippen molar-refractivity contribution in [2.45, 2.75) is 47.5 Å². The second kappa shape index (κ2) is 9.87. The maximum absolute atomic E-state index is 6.84. The van der Waals surface area contributed by atoms with Crippen molar-refractivity contribution in [3.05, 3.63) is 101 Å². The molecule has 7 rings (SSSR count). The molecule has 6 heteroatoms. The third-order valence-corrected chi connectivity index (χ3v) is 8.97. The molecular formula is C37H37N5O+2. The first-order valence-corrected chi connectivity index (χ1v) is 14.9. The molecule has 7 aromatic rings. The summed E-state index contributed by atoms with van der Waals surface area (Å²) < 4.78 is 13.6. The Labute approximate surface area is 251 Å². The quantitative estimate of drug-likeness (QED) is 0.162. The average Bonchev–Trinajstić information content (AvgIpc) is 3.29. The molecule has 0 fully saturated rings. The molecule has 0 N–H and O–H groups in total. The molecule has 5 heterocycles. The average molecular weight is 568 g/mol. The molecule has 214 valence electrons. The zero-order valence-electron chi connectivity index (χ0n) is 26.1. The Morgan fingerprint density at radius 1 is 0.791 bits per heavy atom. The van der Waals surface area contributed by atoms with Crippen molar-refractivity contribution in [2.24, 2.45) is 14.1 Å². The van der Waals surface area contributed by atoms with Gasteiger partial charge in [-0.1, -0.05) is 38.1 Å². The largest absolute Gasteiger partial charge is 0.453 e. The Balaban J connectivity index is 1.55. The SMILES string of the molecule is Cc1nc(C)c(-c2cccc[n+]2C)c(C)c1Oc1cnc2c3c(C(C)C)cccc3n3c4ccccc4[n+](C)c3c2c1C. The number of ether oxygens (including phenoxy) is 1. The normalized spacial score (nSPS) is 11.9. The minimum Gasteiger partial charge on any atom is -0.453 e. The van der Waals surface area contributed by atoms with Crippen LogP contribution in [0.3, 0.4) is 0 Å². The van der Waals surface area contributed by atoms with E-state index in [1.807, 2.05) is 19.2 Å². The van der Waals surface area contributed by atoms with Crippen molar-refractivity contribution in [2.75, 3.05) is 0 Å². The lowest BCUT2D eigenvalue weighted by Crippen LogP contribution is -2.30. The molecule has 0 spiro atoms. The third-order valence-electron chi connectivity index (χ3n) is 8.97. The predicted molar refractivity (Wildman–Crippen MR) is 173 cm³/mol. The van der Waals surface area contributed by atoms with Crippen LogP contribution < -0.4 is 13.9 Å². The number of hydrogen-bond donors (Lipinski definition) is 0. The van der Waals surface area contributed by atoms with Gasteiger partial charge >= 0.3 is 0 Å². The fraction of sp³-hybridized carbons (Fsp3) is 0.243. The van der Waals surface area contributed by atoms with Crippen molar-refractivity contribution >= 4 is 38.5 Å². The number of aryl methyl sites for hydroxylation is 5. The minimum atomic E-state index is 0.347. The lowest BCUT2D eigenvalue weighted by atomic mass is 9.95. The summed E-state index contributed by atoms with van der Waals surface area (Å²) in [6, 6.07) is 21.5. The molecule has 0 saturated carbocycles. The number of hydrogen-bond acceptors (Lipinski definition) is 3. The maximum Gasteiger partial charge on any atom is 0.297 e. The van der Waals surface area contributed by atoms with E-state index in [1.54, 1.807) is 0 Å². The van der Waals surface area contributed by atoms with Gasteiger partial charge in [0.25, 0.3) is 5.65 Å². The molecule has 0 atom stereocenters. The Kier molecular flexibility index (Phi) is 6.20. The van der Waals surface area contributed by atoms with Gasteiger partial charge in [0.15, 0.2) is 23.0 Å². The van der Waals surface area contributed by atoms with E-state index in [0.717, 1.165) is 61.8 Å². The summed E-state index contributed by atoms with van der Waals surface area (Å²) in [5.41, 5.74) is 13.1. The summed E-state index contributed by atoms with van der Waals surface area (Å²) in [6.45, 7) is 12.9. The second-order valence-electron chi connectivity index (χ2n) is 12.0. The molecule has 2 aromatic carbocycles. The number of fused-ring (bicyclic) bond motifs is 8. The van der Waals surface area contributed by atoms with E-state index in [2.05, 4.69) is 123 Å². The highest BCUT2D eigenvalue weighted by atomic mass is 16.5. The number of imidazole rings is 1. The van der Waals surface area contributed by atoms with Gasteiger partial charge in [-0.15, -0.1) is 0 Å². The molecule has 5 aromatic heterocycles. The van der Waals surface area contributed by atoms with Crippen LogP contribution in [-0.2, 0) is 14.1 Å². The first-order chi connectivity index (χ1) is 20.7. The number of aromatic nitrogens is 5. The molecule has 0 saturated heterocycles. The van der Waals surface area contributed by atoms with Crippen molar-refractivity contribution < 1.29 is 13.9 Å². The van der Waals surface area contributed by atoms with E-state index in [9.17, 15) is 0 Å². The Bertz CT molecular complexity index is 2260. The highest BCUT2D eigenvalue weighted by molar-refractivity contribution is 6.13. The van der Waals surface area contributed by atoms with Crippen molar-refractivity contribution in [3.8, 4) is 22.8 Å². The Morgan fingerprint density at radius 3 is 2.30 bits per heavy atom. The number of benzene rings is 2. The summed E-state index contributed by atoms with van der Waals surface area (Å²) in [5, 5.41) is 2.29. The van der Waals surface area contributed by atoms with Gasteiger partial charge in [-0.25, -0.2) is 9.13 Å². The van der Waals surface area contributed by atoms with Crippen LogP contribution in [0.4, 0.5) is 0 Å². The van der Waals surface area contributed by atoms with Gasteiger partial charge in [0.05, 0.1) is 46.5 Å². The molecule has 0 aliphatic heterocycles.